The summed E-state index contributed by atoms with van der Waals surface area (Å²) in [5.41, 5.74) is 8.51. The standard InChI is InChI=1S/C17H25N3O/c1-12(2)10-17(8-3-4-9-17)11-19-16-20-15-13(18)6-5-7-14(15)21-16/h5-7,12H,3-4,8-11,18H2,1-2H3,(H,19,20). The lowest BCUT2D eigenvalue weighted by Crippen LogP contribution is -2.28. The van der Waals surface area contributed by atoms with Crippen LogP contribution in [0.25, 0.3) is 11.1 Å². The summed E-state index contributed by atoms with van der Waals surface area (Å²) in [6, 6.07) is 6.25. The van der Waals surface area contributed by atoms with Gasteiger partial charge in [-0.2, -0.15) is 4.98 Å². The van der Waals surface area contributed by atoms with Crippen molar-refractivity contribution in [1.82, 2.24) is 4.98 Å². The smallest absolute Gasteiger partial charge is 0.295 e. The zero-order chi connectivity index (χ0) is 14.9. The molecule has 3 rings (SSSR count). The Labute approximate surface area is 126 Å². The van der Waals surface area contributed by atoms with Crippen LogP contribution in [0.4, 0.5) is 11.7 Å². The molecular weight excluding hydrogens is 262 g/mol. The first kappa shape index (κ1) is 14.2. The Bertz CT molecular complexity index is 612. The molecular formula is C17H25N3O. The minimum Gasteiger partial charge on any atom is -0.423 e. The monoisotopic (exact) mass is 287 g/mol. The van der Waals surface area contributed by atoms with E-state index in [4.69, 9.17) is 10.2 Å². The molecule has 0 aliphatic heterocycles. The largest absolute Gasteiger partial charge is 0.423 e. The number of nitrogen functional groups attached to an aromatic ring is 1. The van der Waals surface area contributed by atoms with E-state index in [1.807, 2.05) is 18.2 Å². The third kappa shape index (κ3) is 2.99. The SMILES string of the molecule is CC(C)CC1(CNc2nc3c(N)cccc3o2)CCCC1. The van der Waals surface area contributed by atoms with Crippen LogP contribution >= 0.6 is 0 Å². The van der Waals surface area contributed by atoms with Crippen LogP contribution in [0.3, 0.4) is 0 Å². The summed E-state index contributed by atoms with van der Waals surface area (Å²) in [4.78, 5) is 4.48. The number of rotatable bonds is 5. The third-order valence-electron chi connectivity index (χ3n) is 4.57. The average molecular weight is 287 g/mol. The van der Waals surface area contributed by atoms with Crippen molar-refractivity contribution in [3.8, 4) is 0 Å². The molecule has 1 heterocycles. The molecule has 1 aliphatic carbocycles. The Morgan fingerprint density at radius 1 is 1.33 bits per heavy atom. The lowest BCUT2D eigenvalue weighted by atomic mass is 9.78. The first-order chi connectivity index (χ1) is 10.1. The van der Waals surface area contributed by atoms with Gasteiger partial charge in [-0.05, 0) is 42.7 Å². The van der Waals surface area contributed by atoms with Crippen molar-refractivity contribution in [1.29, 1.82) is 0 Å². The van der Waals surface area contributed by atoms with Crippen LogP contribution in [0.15, 0.2) is 22.6 Å². The number of benzene rings is 1. The van der Waals surface area contributed by atoms with Gasteiger partial charge in [0.15, 0.2) is 5.58 Å². The van der Waals surface area contributed by atoms with Crippen molar-refractivity contribution in [2.75, 3.05) is 17.6 Å². The fourth-order valence-electron chi connectivity index (χ4n) is 3.75. The highest BCUT2D eigenvalue weighted by molar-refractivity contribution is 5.86. The summed E-state index contributed by atoms with van der Waals surface area (Å²) >= 11 is 0. The maximum atomic E-state index is 5.93. The van der Waals surface area contributed by atoms with E-state index >= 15 is 0 Å². The highest BCUT2D eigenvalue weighted by Crippen LogP contribution is 2.43. The number of nitrogens with one attached hydrogen (secondary N) is 1. The summed E-state index contributed by atoms with van der Waals surface area (Å²) in [7, 11) is 0. The predicted molar refractivity (Wildman–Crippen MR) is 87.3 cm³/mol. The first-order valence-electron chi connectivity index (χ1n) is 7.97. The Kier molecular flexibility index (Phi) is 3.79. The molecule has 0 bridgehead atoms. The minimum absolute atomic E-state index is 0.403. The number of fused-ring (bicyclic) bond motifs is 1. The number of para-hydroxylation sites is 1. The van der Waals surface area contributed by atoms with Gasteiger partial charge in [0, 0.05) is 6.54 Å². The topological polar surface area (TPSA) is 64.1 Å². The minimum atomic E-state index is 0.403. The molecule has 21 heavy (non-hydrogen) atoms. The number of nitrogens with zero attached hydrogens (tertiary/aromatic N) is 1. The number of anilines is 2. The van der Waals surface area contributed by atoms with Crippen LogP contribution < -0.4 is 11.1 Å². The van der Waals surface area contributed by atoms with Crippen molar-refractivity contribution in [2.45, 2.75) is 46.0 Å². The van der Waals surface area contributed by atoms with Crippen molar-refractivity contribution in [3.05, 3.63) is 18.2 Å². The second-order valence-electron chi connectivity index (χ2n) is 6.87. The second kappa shape index (κ2) is 5.58. The van der Waals surface area contributed by atoms with Crippen LogP contribution in [0.1, 0.15) is 46.0 Å². The Hall–Kier alpha value is -1.71. The molecule has 0 radical (unpaired) electrons. The maximum Gasteiger partial charge on any atom is 0.295 e. The molecule has 1 aromatic carbocycles. The molecule has 1 aliphatic rings. The van der Waals surface area contributed by atoms with E-state index in [2.05, 4.69) is 24.1 Å². The number of oxazole rings is 1. The van der Waals surface area contributed by atoms with E-state index in [-0.39, 0.29) is 0 Å². The Morgan fingerprint density at radius 2 is 2.10 bits per heavy atom. The van der Waals surface area contributed by atoms with Crippen molar-refractivity contribution in [2.24, 2.45) is 11.3 Å². The van der Waals surface area contributed by atoms with Crippen molar-refractivity contribution >= 4 is 22.8 Å². The van der Waals surface area contributed by atoms with E-state index in [1.54, 1.807) is 0 Å². The van der Waals surface area contributed by atoms with Crippen molar-refractivity contribution in [3.63, 3.8) is 0 Å². The van der Waals surface area contributed by atoms with E-state index in [0.717, 1.165) is 23.6 Å². The number of hydrogen-bond acceptors (Lipinski definition) is 4. The molecule has 1 fully saturated rings. The van der Waals surface area contributed by atoms with Gasteiger partial charge >= 0.3 is 0 Å². The normalized spacial score (nSPS) is 17.7. The fraction of sp³-hybridized carbons (Fsp3) is 0.588. The molecule has 4 heteroatoms. The molecule has 2 aromatic rings. The van der Waals surface area contributed by atoms with E-state index in [1.165, 1.54) is 32.1 Å². The molecule has 114 valence electrons. The van der Waals surface area contributed by atoms with Gasteiger partial charge in [0.25, 0.3) is 6.01 Å². The van der Waals surface area contributed by atoms with Crippen LogP contribution in [0, 0.1) is 11.3 Å². The lowest BCUT2D eigenvalue weighted by Gasteiger charge is -2.30. The summed E-state index contributed by atoms with van der Waals surface area (Å²) in [5.74, 6) is 0.726. The molecule has 0 atom stereocenters. The molecule has 3 N–H and O–H groups in total. The molecule has 0 saturated heterocycles. The van der Waals surface area contributed by atoms with Crippen LogP contribution in [0.5, 0.6) is 0 Å². The van der Waals surface area contributed by atoms with E-state index < -0.39 is 0 Å². The van der Waals surface area contributed by atoms with Crippen molar-refractivity contribution < 1.29 is 4.42 Å². The first-order valence-corrected chi connectivity index (χ1v) is 7.97. The van der Waals surface area contributed by atoms with E-state index in [9.17, 15) is 0 Å². The quantitative estimate of drug-likeness (QED) is 0.798. The number of hydrogen-bond donors (Lipinski definition) is 2. The second-order valence-corrected chi connectivity index (χ2v) is 6.87. The highest BCUT2D eigenvalue weighted by atomic mass is 16.4. The molecule has 4 nitrogen and oxygen atoms in total. The third-order valence-corrected chi connectivity index (χ3v) is 4.57. The Morgan fingerprint density at radius 3 is 2.76 bits per heavy atom. The molecule has 0 spiro atoms. The van der Waals surface area contributed by atoms with Gasteiger partial charge in [-0.25, -0.2) is 0 Å². The fourth-order valence-corrected chi connectivity index (χ4v) is 3.75. The molecule has 0 amide bonds. The van der Waals surface area contributed by atoms with E-state index in [0.29, 0.717) is 17.1 Å². The number of aromatic nitrogens is 1. The van der Waals surface area contributed by atoms with Gasteiger partial charge in [-0.15, -0.1) is 0 Å². The van der Waals surface area contributed by atoms with Crippen LogP contribution in [-0.2, 0) is 0 Å². The zero-order valence-corrected chi connectivity index (χ0v) is 13.0. The maximum absolute atomic E-state index is 5.93. The Balaban J connectivity index is 1.74. The van der Waals surface area contributed by atoms with Crippen LogP contribution in [-0.4, -0.2) is 11.5 Å². The van der Waals surface area contributed by atoms with Gasteiger partial charge in [0.2, 0.25) is 0 Å². The van der Waals surface area contributed by atoms with Gasteiger partial charge in [-0.3, -0.25) is 0 Å². The van der Waals surface area contributed by atoms with Gasteiger partial charge < -0.3 is 15.5 Å². The molecule has 1 saturated carbocycles. The zero-order valence-electron chi connectivity index (χ0n) is 13.0. The number of nitrogens with two attached hydrogens (primary N) is 1. The van der Waals surface area contributed by atoms with Crippen LogP contribution in [0.2, 0.25) is 0 Å². The average Bonchev–Trinajstić information content (AvgIpc) is 3.03. The summed E-state index contributed by atoms with van der Waals surface area (Å²) in [6.45, 7) is 5.55. The summed E-state index contributed by atoms with van der Waals surface area (Å²) < 4.78 is 5.76. The lowest BCUT2D eigenvalue weighted by molar-refractivity contribution is 0.251. The molecule has 1 aromatic heterocycles. The van der Waals surface area contributed by atoms with Gasteiger partial charge in [-0.1, -0.05) is 32.8 Å². The van der Waals surface area contributed by atoms with Gasteiger partial charge in [0.1, 0.15) is 5.52 Å². The predicted octanol–water partition coefficient (Wildman–Crippen LogP) is 4.43. The molecule has 0 unspecified atom stereocenters. The van der Waals surface area contributed by atoms with Gasteiger partial charge in [0.05, 0.1) is 5.69 Å². The highest BCUT2D eigenvalue weighted by Gasteiger charge is 2.34. The summed E-state index contributed by atoms with van der Waals surface area (Å²) in [5, 5.41) is 3.42. The summed E-state index contributed by atoms with van der Waals surface area (Å²) in [6.07, 6.45) is 6.56.